The SMILES string of the molecule is CCC(=O)N1CCc2cc(C(=O)C3CCNCC3)ccc21. The first-order chi connectivity index (χ1) is 10.2. The lowest BCUT2D eigenvalue weighted by molar-refractivity contribution is -0.118. The number of nitrogens with zero attached hydrogens (tertiary/aromatic N) is 1. The van der Waals surface area contributed by atoms with Crippen LogP contribution in [0.25, 0.3) is 0 Å². The van der Waals surface area contributed by atoms with Gasteiger partial charge in [-0.25, -0.2) is 0 Å². The summed E-state index contributed by atoms with van der Waals surface area (Å²) in [7, 11) is 0. The molecular formula is C17H22N2O2. The van der Waals surface area contributed by atoms with Crippen molar-refractivity contribution in [2.24, 2.45) is 5.92 Å². The summed E-state index contributed by atoms with van der Waals surface area (Å²) in [4.78, 5) is 26.3. The van der Waals surface area contributed by atoms with Crippen molar-refractivity contribution >= 4 is 17.4 Å². The standard InChI is InChI=1S/C17H22N2O2/c1-2-16(20)19-10-7-13-11-14(3-4-15(13)19)17(21)12-5-8-18-9-6-12/h3-4,11-12,18H,2,5-10H2,1H3. The van der Waals surface area contributed by atoms with E-state index in [0.29, 0.717) is 6.42 Å². The Morgan fingerprint density at radius 1 is 1.29 bits per heavy atom. The zero-order valence-electron chi connectivity index (χ0n) is 12.5. The average molecular weight is 286 g/mol. The number of hydrogen-bond donors (Lipinski definition) is 1. The fourth-order valence-electron chi connectivity index (χ4n) is 3.32. The Morgan fingerprint density at radius 2 is 2.05 bits per heavy atom. The first kappa shape index (κ1) is 14.3. The molecule has 1 fully saturated rings. The van der Waals surface area contributed by atoms with Gasteiger partial charge in [0.1, 0.15) is 0 Å². The number of amides is 1. The maximum absolute atomic E-state index is 12.6. The molecular weight excluding hydrogens is 264 g/mol. The van der Waals surface area contributed by atoms with E-state index in [4.69, 9.17) is 0 Å². The number of anilines is 1. The van der Waals surface area contributed by atoms with Crippen molar-refractivity contribution in [2.45, 2.75) is 32.6 Å². The summed E-state index contributed by atoms with van der Waals surface area (Å²) in [5.74, 6) is 0.574. The van der Waals surface area contributed by atoms with Crippen molar-refractivity contribution in [3.05, 3.63) is 29.3 Å². The van der Waals surface area contributed by atoms with Crippen molar-refractivity contribution in [2.75, 3.05) is 24.5 Å². The number of benzene rings is 1. The van der Waals surface area contributed by atoms with Gasteiger partial charge in [0.2, 0.25) is 5.91 Å². The van der Waals surface area contributed by atoms with Gasteiger partial charge in [-0.2, -0.15) is 0 Å². The van der Waals surface area contributed by atoms with E-state index >= 15 is 0 Å². The minimum absolute atomic E-state index is 0.152. The minimum atomic E-state index is 0.152. The molecule has 2 heterocycles. The van der Waals surface area contributed by atoms with E-state index in [1.165, 1.54) is 0 Å². The molecule has 0 bridgehead atoms. The Labute approximate surface area is 125 Å². The van der Waals surface area contributed by atoms with E-state index < -0.39 is 0 Å². The Hall–Kier alpha value is -1.68. The largest absolute Gasteiger partial charge is 0.317 e. The van der Waals surface area contributed by atoms with Crippen LogP contribution < -0.4 is 10.2 Å². The first-order valence-electron chi connectivity index (χ1n) is 7.89. The van der Waals surface area contributed by atoms with Crippen LogP contribution in [0, 0.1) is 5.92 Å². The summed E-state index contributed by atoms with van der Waals surface area (Å²) < 4.78 is 0. The molecule has 1 aromatic rings. The number of rotatable bonds is 3. The van der Waals surface area contributed by atoms with Crippen LogP contribution in [0.4, 0.5) is 5.69 Å². The van der Waals surface area contributed by atoms with Gasteiger partial charge in [-0.1, -0.05) is 6.92 Å². The predicted molar refractivity (Wildman–Crippen MR) is 82.7 cm³/mol. The van der Waals surface area contributed by atoms with Crippen molar-refractivity contribution in [3.63, 3.8) is 0 Å². The minimum Gasteiger partial charge on any atom is -0.317 e. The van der Waals surface area contributed by atoms with Crippen LogP contribution in [0.15, 0.2) is 18.2 Å². The van der Waals surface area contributed by atoms with Crippen molar-refractivity contribution < 1.29 is 9.59 Å². The third-order valence-corrected chi connectivity index (χ3v) is 4.57. The third kappa shape index (κ3) is 2.72. The van der Waals surface area contributed by atoms with E-state index in [1.807, 2.05) is 30.0 Å². The number of nitrogens with one attached hydrogen (secondary N) is 1. The second-order valence-electron chi connectivity index (χ2n) is 5.88. The van der Waals surface area contributed by atoms with Crippen LogP contribution in [0.2, 0.25) is 0 Å². The van der Waals surface area contributed by atoms with Gasteiger partial charge in [-0.05, 0) is 56.1 Å². The molecule has 0 spiro atoms. The fourth-order valence-corrected chi connectivity index (χ4v) is 3.32. The van der Waals surface area contributed by atoms with Gasteiger partial charge in [0.05, 0.1) is 0 Å². The molecule has 4 nitrogen and oxygen atoms in total. The molecule has 2 aliphatic rings. The van der Waals surface area contributed by atoms with Crippen molar-refractivity contribution in [3.8, 4) is 0 Å². The highest BCUT2D eigenvalue weighted by atomic mass is 16.2. The zero-order valence-corrected chi connectivity index (χ0v) is 12.5. The molecule has 112 valence electrons. The molecule has 3 rings (SSSR count). The van der Waals surface area contributed by atoms with E-state index in [0.717, 1.165) is 55.7 Å². The molecule has 0 atom stereocenters. The highest BCUT2D eigenvalue weighted by Crippen LogP contribution is 2.30. The second-order valence-corrected chi connectivity index (χ2v) is 5.88. The smallest absolute Gasteiger partial charge is 0.226 e. The lowest BCUT2D eigenvalue weighted by Gasteiger charge is -2.22. The molecule has 4 heteroatoms. The molecule has 2 aliphatic heterocycles. The molecule has 0 radical (unpaired) electrons. The Kier molecular flexibility index (Phi) is 4.06. The number of Topliss-reactive ketones (excluding diaryl/α,β-unsaturated/α-hetero) is 1. The van der Waals surface area contributed by atoms with E-state index in [9.17, 15) is 9.59 Å². The lowest BCUT2D eigenvalue weighted by Crippen LogP contribution is -2.32. The molecule has 1 amide bonds. The number of ketones is 1. The molecule has 1 N–H and O–H groups in total. The maximum atomic E-state index is 12.6. The van der Waals surface area contributed by atoms with Crippen LogP contribution in [0.1, 0.15) is 42.1 Å². The molecule has 0 unspecified atom stereocenters. The molecule has 0 aliphatic carbocycles. The zero-order chi connectivity index (χ0) is 14.8. The van der Waals surface area contributed by atoms with Crippen LogP contribution in [0.5, 0.6) is 0 Å². The van der Waals surface area contributed by atoms with Crippen molar-refractivity contribution in [1.29, 1.82) is 0 Å². The van der Waals surface area contributed by atoms with E-state index in [1.54, 1.807) is 0 Å². The number of hydrogen-bond acceptors (Lipinski definition) is 3. The predicted octanol–water partition coefficient (Wildman–Crippen LogP) is 2.17. The quantitative estimate of drug-likeness (QED) is 0.866. The summed E-state index contributed by atoms with van der Waals surface area (Å²) in [6.45, 7) is 4.49. The van der Waals surface area contributed by atoms with Gasteiger partial charge in [0, 0.05) is 30.1 Å². The Morgan fingerprint density at radius 3 is 2.76 bits per heavy atom. The van der Waals surface area contributed by atoms with Gasteiger partial charge >= 0.3 is 0 Å². The number of carbonyl (C=O) groups is 2. The van der Waals surface area contributed by atoms with Gasteiger partial charge < -0.3 is 10.2 Å². The van der Waals surface area contributed by atoms with Crippen LogP contribution >= 0.6 is 0 Å². The summed E-state index contributed by atoms with van der Waals surface area (Å²) in [5.41, 5.74) is 2.94. The number of carbonyl (C=O) groups excluding carboxylic acids is 2. The summed E-state index contributed by atoms with van der Waals surface area (Å²) >= 11 is 0. The van der Waals surface area contributed by atoms with E-state index in [2.05, 4.69) is 5.32 Å². The summed E-state index contributed by atoms with van der Waals surface area (Å²) in [5, 5.41) is 3.29. The normalized spacial score (nSPS) is 18.6. The topological polar surface area (TPSA) is 49.4 Å². The monoisotopic (exact) mass is 286 g/mol. The molecule has 1 saturated heterocycles. The van der Waals surface area contributed by atoms with Crippen LogP contribution in [-0.4, -0.2) is 31.3 Å². The molecule has 0 saturated carbocycles. The van der Waals surface area contributed by atoms with Crippen molar-refractivity contribution in [1.82, 2.24) is 5.32 Å². The van der Waals surface area contributed by atoms with Gasteiger partial charge in [0.25, 0.3) is 0 Å². The third-order valence-electron chi connectivity index (χ3n) is 4.57. The fraction of sp³-hybridized carbons (Fsp3) is 0.529. The second kappa shape index (κ2) is 5.98. The Bertz CT molecular complexity index is 562. The highest BCUT2D eigenvalue weighted by molar-refractivity contribution is 6.00. The van der Waals surface area contributed by atoms with Crippen LogP contribution in [0.3, 0.4) is 0 Å². The average Bonchev–Trinajstić information content (AvgIpc) is 2.97. The van der Waals surface area contributed by atoms with Crippen LogP contribution in [-0.2, 0) is 11.2 Å². The molecule has 0 aromatic heterocycles. The van der Waals surface area contributed by atoms with E-state index in [-0.39, 0.29) is 17.6 Å². The van der Waals surface area contributed by atoms with Gasteiger partial charge in [0.15, 0.2) is 5.78 Å². The highest BCUT2D eigenvalue weighted by Gasteiger charge is 2.26. The first-order valence-corrected chi connectivity index (χ1v) is 7.89. The van der Waals surface area contributed by atoms with Gasteiger partial charge in [-0.3, -0.25) is 9.59 Å². The number of fused-ring (bicyclic) bond motifs is 1. The lowest BCUT2D eigenvalue weighted by atomic mass is 9.89. The summed E-state index contributed by atoms with van der Waals surface area (Å²) in [6.07, 6.45) is 3.23. The maximum Gasteiger partial charge on any atom is 0.226 e. The molecule has 21 heavy (non-hydrogen) atoms. The summed E-state index contributed by atoms with van der Waals surface area (Å²) in [6, 6.07) is 5.84. The van der Waals surface area contributed by atoms with Gasteiger partial charge in [-0.15, -0.1) is 0 Å². The molecule has 1 aromatic carbocycles. The Balaban J connectivity index is 1.80. The number of piperidine rings is 1.